The average Bonchev–Trinajstić information content (AvgIpc) is 2.67. The molecular formula is C19H22N2O5S. The molecule has 1 aromatic rings. The highest BCUT2D eigenvalue weighted by molar-refractivity contribution is 8.14. The lowest BCUT2D eigenvalue weighted by atomic mass is 9.94. The molecule has 1 fully saturated rings. The number of carbonyl (C=O) groups excluding carboxylic acids is 2. The maximum absolute atomic E-state index is 12.8. The van der Waals surface area contributed by atoms with Crippen LogP contribution in [0.1, 0.15) is 24.9 Å². The van der Waals surface area contributed by atoms with Gasteiger partial charge in [0.25, 0.3) is 0 Å². The lowest BCUT2D eigenvalue weighted by molar-refractivity contribution is -0.141. The number of amides is 1. The van der Waals surface area contributed by atoms with E-state index < -0.39 is 12.0 Å². The Balaban J connectivity index is 2.06. The van der Waals surface area contributed by atoms with E-state index in [1.54, 1.807) is 18.9 Å². The van der Waals surface area contributed by atoms with Crippen molar-refractivity contribution in [3.63, 3.8) is 0 Å². The number of nitrogens with zero attached hydrogens (tertiary/aromatic N) is 2. The Morgan fingerprint density at radius 1 is 1.33 bits per heavy atom. The van der Waals surface area contributed by atoms with Crippen LogP contribution < -0.4 is 4.74 Å². The Morgan fingerprint density at radius 3 is 2.89 bits per heavy atom. The second-order valence-electron chi connectivity index (χ2n) is 6.06. The van der Waals surface area contributed by atoms with Crippen molar-refractivity contribution in [3.8, 4) is 5.75 Å². The van der Waals surface area contributed by atoms with Crippen molar-refractivity contribution < 1.29 is 23.8 Å². The number of hydrogen-bond acceptors (Lipinski definition) is 7. The number of fused-ring (bicyclic) bond motifs is 1. The molecule has 1 aromatic carbocycles. The number of carbonyl (C=O) groups is 2. The number of benzene rings is 1. The SMILES string of the molecule is COCCOC(=O)C1=C(C)N=C2SCCC(=O)N2C1c1cccc(OC)c1. The lowest BCUT2D eigenvalue weighted by Crippen LogP contribution is -2.45. The third kappa shape index (κ3) is 4.01. The van der Waals surface area contributed by atoms with E-state index in [0.717, 1.165) is 5.56 Å². The summed E-state index contributed by atoms with van der Waals surface area (Å²) in [7, 11) is 3.12. The zero-order valence-electron chi connectivity index (χ0n) is 15.6. The molecule has 3 rings (SSSR count). The van der Waals surface area contributed by atoms with E-state index in [2.05, 4.69) is 4.99 Å². The molecule has 0 N–H and O–H groups in total. The van der Waals surface area contributed by atoms with E-state index in [0.29, 0.717) is 41.0 Å². The predicted octanol–water partition coefficient (Wildman–Crippen LogP) is 2.54. The van der Waals surface area contributed by atoms with Gasteiger partial charge >= 0.3 is 5.97 Å². The topological polar surface area (TPSA) is 77.4 Å². The van der Waals surface area contributed by atoms with E-state index in [1.807, 2.05) is 24.3 Å². The van der Waals surface area contributed by atoms with E-state index >= 15 is 0 Å². The molecule has 1 saturated heterocycles. The van der Waals surface area contributed by atoms with Crippen LogP contribution in [0.5, 0.6) is 5.75 Å². The third-order valence-electron chi connectivity index (χ3n) is 4.36. The quantitative estimate of drug-likeness (QED) is 0.549. The van der Waals surface area contributed by atoms with Gasteiger partial charge in [0.2, 0.25) is 5.91 Å². The van der Waals surface area contributed by atoms with Crippen molar-refractivity contribution in [2.45, 2.75) is 19.4 Å². The minimum atomic E-state index is -0.594. The number of amidine groups is 1. The van der Waals surface area contributed by atoms with Crippen LogP contribution in [0.2, 0.25) is 0 Å². The molecule has 0 aliphatic carbocycles. The molecule has 1 unspecified atom stereocenters. The smallest absolute Gasteiger partial charge is 0.338 e. The monoisotopic (exact) mass is 390 g/mol. The number of allylic oxidation sites excluding steroid dienone is 1. The largest absolute Gasteiger partial charge is 0.497 e. The number of esters is 1. The third-order valence-corrected chi connectivity index (χ3v) is 5.31. The Morgan fingerprint density at radius 2 is 2.15 bits per heavy atom. The molecule has 8 heteroatoms. The van der Waals surface area contributed by atoms with Crippen LogP contribution in [-0.4, -0.2) is 55.1 Å². The number of methoxy groups -OCH3 is 2. The highest BCUT2D eigenvalue weighted by Gasteiger charge is 2.41. The molecule has 0 radical (unpaired) electrons. The summed E-state index contributed by atoms with van der Waals surface area (Å²) in [4.78, 5) is 31.6. The fraction of sp³-hybridized carbons (Fsp3) is 0.421. The van der Waals surface area contributed by atoms with E-state index in [4.69, 9.17) is 14.2 Å². The molecule has 1 amide bonds. The molecule has 1 atom stereocenters. The molecule has 0 bridgehead atoms. The summed E-state index contributed by atoms with van der Waals surface area (Å²) in [5.74, 6) is 0.775. The van der Waals surface area contributed by atoms with Gasteiger partial charge < -0.3 is 14.2 Å². The van der Waals surface area contributed by atoms with Crippen molar-refractivity contribution in [1.29, 1.82) is 0 Å². The zero-order chi connectivity index (χ0) is 19.4. The normalized spacial score (nSPS) is 19.5. The van der Waals surface area contributed by atoms with Gasteiger partial charge in [0.1, 0.15) is 12.4 Å². The number of aliphatic imine (C=N–C) groups is 1. The molecule has 0 saturated carbocycles. The Labute approximate surface area is 162 Å². The fourth-order valence-corrected chi connectivity index (χ4v) is 4.09. The zero-order valence-corrected chi connectivity index (χ0v) is 16.4. The fourth-order valence-electron chi connectivity index (χ4n) is 3.08. The maximum atomic E-state index is 12.8. The standard InChI is InChI=1S/C19H22N2O5S/c1-12-16(18(23)26-9-8-24-2)17(13-5-4-6-14(11-13)25-3)21-15(22)7-10-27-19(21)20-12/h4-6,11,17H,7-10H2,1-3H3. The predicted molar refractivity (Wildman–Crippen MR) is 103 cm³/mol. The van der Waals surface area contributed by atoms with E-state index in [9.17, 15) is 9.59 Å². The van der Waals surface area contributed by atoms with Crippen LogP contribution >= 0.6 is 11.8 Å². The van der Waals surface area contributed by atoms with Gasteiger partial charge in [-0.15, -0.1) is 0 Å². The Hall–Kier alpha value is -2.32. The molecule has 144 valence electrons. The van der Waals surface area contributed by atoms with Gasteiger partial charge in [-0.3, -0.25) is 9.69 Å². The molecule has 0 spiro atoms. The highest BCUT2D eigenvalue weighted by atomic mass is 32.2. The summed E-state index contributed by atoms with van der Waals surface area (Å²) in [6.07, 6.45) is 0.398. The van der Waals surface area contributed by atoms with Gasteiger partial charge in [0, 0.05) is 19.3 Å². The summed E-state index contributed by atoms with van der Waals surface area (Å²) in [6, 6.07) is 6.77. The van der Waals surface area contributed by atoms with Crippen molar-refractivity contribution in [1.82, 2.24) is 4.90 Å². The van der Waals surface area contributed by atoms with Crippen molar-refractivity contribution >= 4 is 28.8 Å². The second-order valence-corrected chi connectivity index (χ2v) is 7.13. The van der Waals surface area contributed by atoms with Crippen LogP contribution in [0.4, 0.5) is 0 Å². The first kappa shape index (κ1) is 19.4. The van der Waals surface area contributed by atoms with Gasteiger partial charge in [-0.05, 0) is 24.6 Å². The molecule has 2 aliphatic rings. The first-order chi connectivity index (χ1) is 13.1. The summed E-state index contributed by atoms with van der Waals surface area (Å²) in [6.45, 7) is 2.20. The van der Waals surface area contributed by atoms with Crippen molar-refractivity contribution in [3.05, 3.63) is 41.1 Å². The van der Waals surface area contributed by atoms with Crippen LogP contribution in [0.25, 0.3) is 0 Å². The Bertz CT molecular complexity index is 805. The van der Waals surface area contributed by atoms with Crippen LogP contribution in [0.15, 0.2) is 40.5 Å². The minimum Gasteiger partial charge on any atom is -0.497 e. The van der Waals surface area contributed by atoms with Crippen LogP contribution in [0, 0.1) is 0 Å². The average molecular weight is 390 g/mol. The van der Waals surface area contributed by atoms with Gasteiger partial charge in [-0.2, -0.15) is 0 Å². The Kier molecular flexibility index (Phi) is 6.18. The van der Waals surface area contributed by atoms with Gasteiger partial charge in [0.05, 0.1) is 31.0 Å². The van der Waals surface area contributed by atoms with Gasteiger partial charge in [-0.1, -0.05) is 23.9 Å². The van der Waals surface area contributed by atoms with Gasteiger partial charge in [0.15, 0.2) is 5.17 Å². The number of ether oxygens (including phenoxy) is 3. The van der Waals surface area contributed by atoms with Crippen molar-refractivity contribution in [2.24, 2.45) is 4.99 Å². The number of rotatable bonds is 6. The summed E-state index contributed by atoms with van der Waals surface area (Å²) >= 11 is 1.52. The number of thioether (sulfide) groups is 1. The first-order valence-electron chi connectivity index (χ1n) is 8.61. The molecule has 7 nitrogen and oxygen atoms in total. The molecule has 2 aliphatic heterocycles. The molecule has 27 heavy (non-hydrogen) atoms. The first-order valence-corrected chi connectivity index (χ1v) is 9.59. The summed E-state index contributed by atoms with van der Waals surface area (Å²) in [5.41, 5.74) is 1.69. The highest BCUT2D eigenvalue weighted by Crippen LogP contribution is 2.41. The van der Waals surface area contributed by atoms with E-state index in [1.165, 1.54) is 18.9 Å². The van der Waals surface area contributed by atoms with Crippen molar-refractivity contribution in [2.75, 3.05) is 33.2 Å². The lowest BCUT2D eigenvalue weighted by Gasteiger charge is -2.39. The van der Waals surface area contributed by atoms with Gasteiger partial charge in [-0.25, -0.2) is 9.79 Å². The minimum absolute atomic E-state index is 0.0602. The second kappa shape index (κ2) is 8.58. The molecule has 2 heterocycles. The molecular weight excluding hydrogens is 368 g/mol. The maximum Gasteiger partial charge on any atom is 0.338 e. The van der Waals surface area contributed by atoms with Crippen LogP contribution in [0.3, 0.4) is 0 Å². The molecule has 0 aromatic heterocycles. The summed E-state index contributed by atoms with van der Waals surface area (Å²) < 4.78 is 15.6. The number of hydrogen-bond donors (Lipinski definition) is 0. The van der Waals surface area contributed by atoms with Crippen LogP contribution in [-0.2, 0) is 19.1 Å². The van der Waals surface area contributed by atoms with E-state index in [-0.39, 0.29) is 12.5 Å². The summed E-state index contributed by atoms with van der Waals surface area (Å²) in [5, 5.41) is 0.616.